The van der Waals surface area contributed by atoms with Gasteiger partial charge in [-0.2, -0.15) is 0 Å². The second-order valence-electron chi connectivity index (χ2n) is 5.94. The number of fused-ring (bicyclic) bond motifs is 1. The van der Waals surface area contributed by atoms with Crippen LogP contribution in [0.3, 0.4) is 0 Å². The first-order valence-electron chi connectivity index (χ1n) is 8.17. The van der Waals surface area contributed by atoms with Crippen LogP contribution in [0.2, 0.25) is 0 Å². The number of rotatable bonds is 4. The van der Waals surface area contributed by atoms with E-state index in [9.17, 15) is 15.2 Å². The van der Waals surface area contributed by atoms with Crippen LogP contribution in [0.25, 0.3) is 22.6 Å². The zero-order valence-corrected chi connectivity index (χ0v) is 16.4. The van der Waals surface area contributed by atoms with Gasteiger partial charge in [0.2, 0.25) is 5.89 Å². The topological polar surface area (TPSA) is 102 Å². The predicted octanol–water partition coefficient (Wildman–Crippen LogP) is 5.46. The van der Waals surface area contributed by atoms with Crippen LogP contribution in [0, 0.1) is 13.7 Å². The second-order valence-corrected chi connectivity index (χ2v) is 7.19. The highest BCUT2D eigenvalue weighted by Crippen LogP contribution is 2.28. The Morgan fingerprint density at radius 1 is 1.14 bits per heavy atom. The van der Waals surface area contributed by atoms with E-state index >= 15 is 0 Å². The molecule has 0 saturated carbocycles. The molecule has 0 aliphatic rings. The number of aromatic nitrogens is 1. The van der Waals surface area contributed by atoms with Gasteiger partial charge in [0.05, 0.1) is 10.6 Å². The van der Waals surface area contributed by atoms with E-state index in [1.807, 2.05) is 24.3 Å². The summed E-state index contributed by atoms with van der Waals surface area (Å²) in [6, 6.07) is 16.9. The minimum atomic E-state index is -0.523. The molecule has 1 N–H and O–H groups in total. The van der Waals surface area contributed by atoms with Crippen LogP contribution >= 0.6 is 22.6 Å². The molecule has 0 amide bonds. The van der Waals surface area contributed by atoms with Gasteiger partial charge in [-0.3, -0.25) is 15.1 Å². The van der Waals surface area contributed by atoms with E-state index in [0.29, 0.717) is 22.7 Å². The summed E-state index contributed by atoms with van der Waals surface area (Å²) in [5.74, 6) is 0.434. The number of nitro benzene ring substituents is 1. The van der Waals surface area contributed by atoms with Crippen LogP contribution < -0.4 is 0 Å². The van der Waals surface area contributed by atoms with Crippen molar-refractivity contribution in [1.82, 2.24) is 4.98 Å². The van der Waals surface area contributed by atoms with E-state index in [0.717, 1.165) is 9.13 Å². The summed E-state index contributed by atoms with van der Waals surface area (Å²) in [7, 11) is 0. The number of halogens is 1. The smallest absolute Gasteiger partial charge is 0.270 e. The molecule has 1 aromatic heterocycles. The number of phenolic OH excluding ortho intramolecular Hbond substituents is 1. The quantitative estimate of drug-likeness (QED) is 0.179. The molecule has 0 aliphatic carbocycles. The number of hydrogen-bond donors (Lipinski definition) is 1. The van der Waals surface area contributed by atoms with Crippen LogP contribution in [0.5, 0.6) is 5.75 Å². The summed E-state index contributed by atoms with van der Waals surface area (Å²) in [6.07, 6.45) is 1.38. The molecule has 0 unspecified atom stereocenters. The highest BCUT2D eigenvalue weighted by atomic mass is 127. The van der Waals surface area contributed by atoms with Crippen molar-refractivity contribution in [2.45, 2.75) is 0 Å². The SMILES string of the molecule is O=[N+]([O-])c1ccc(O)c(C=Nc2ccc3oc(-c4cccc(I)c4)nc3c2)c1. The van der Waals surface area contributed by atoms with Crippen molar-refractivity contribution in [2.24, 2.45) is 4.99 Å². The van der Waals surface area contributed by atoms with Crippen molar-refractivity contribution in [2.75, 3.05) is 0 Å². The lowest BCUT2D eigenvalue weighted by atomic mass is 10.2. The lowest BCUT2D eigenvalue weighted by Gasteiger charge is -1.99. The fraction of sp³-hybridized carbons (Fsp3) is 0. The number of hydrogen-bond acceptors (Lipinski definition) is 6. The highest BCUT2D eigenvalue weighted by Gasteiger charge is 2.10. The zero-order valence-electron chi connectivity index (χ0n) is 14.2. The maximum absolute atomic E-state index is 10.9. The number of non-ortho nitro benzene ring substituents is 1. The summed E-state index contributed by atoms with van der Waals surface area (Å²) in [5, 5.41) is 20.8. The normalized spacial score (nSPS) is 11.3. The van der Waals surface area contributed by atoms with Crippen molar-refractivity contribution >= 4 is 51.3 Å². The predicted molar refractivity (Wildman–Crippen MR) is 114 cm³/mol. The number of nitrogens with zero attached hydrogens (tertiary/aromatic N) is 3. The molecule has 28 heavy (non-hydrogen) atoms. The van der Waals surface area contributed by atoms with E-state index in [-0.39, 0.29) is 17.0 Å². The number of phenols is 1. The number of aromatic hydroxyl groups is 1. The fourth-order valence-electron chi connectivity index (χ4n) is 2.64. The molecule has 138 valence electrons. The van der Waals surface area contributed by atoms with Gasteiger partial charge in [0, 0.05) is 33.0 Å². The molecule has 0 radical (unpaired) electrons. The van der Waals surface area contributed by atoms with Crippen molar-refractivity contribution < 1.29 is 14.4 Å². The molecular formula is C20H12IN3O4. The van der Waals surface area contributed by atoms with Crippen molar-refractivity contribution in [1.29, 1.82) is 0 Å². The molecule has 8 heteroatoms. The number of aliphatic imine (C=N–C) groups is 1. The van der Waals surface area contributed by atoms with E-state index in [4.69, 9.17) is 4.42 Å². The first-order chi connectivity index (χ1) is 13.5. The Morgan fingerprint density at radius 3 is 2.79 bits per heavy atom. The van der Waals surface area contributed by atoms with Gasteiger partial charge in [0.1, 0.15) is 11.3 Å². The summed E-state index contributed by atoms with van der Waals surface area (Å²) in [4.78, 5) is 19.2. The van der Waals surface area contributed by atoms with Gasteiger partial charge in [-0.15, -0.1) is 0 Å². The molecule has 0 saturated heterocycles. The van der Waals surface area contributed by atoms with Crippen LogP contribution in [0.4, 0.5) is 11.4 Å². The lowest BCUT2D eigenvalue weighted by Crippen LogP contribution is -1.90. The summed E-state index contributed by atoms with van der Waals surface area (Å²) in [6.45, 7) is 0. The molecular weight excluding hydrogens is 473 g/mol. The zero-order chi connectivity index (χ0) is 19.7. The van der Waals surface area contributed by atoms with E-state index in [1.54, 1.807) is 18.2 Å². The molecule has 0 aliphatic heterocycles. The van der Waals surface area contributed by atoms with E-state index < -0.39 is 4.92 Å². The third-order valence-electron chi connectivity index (χ3n) is 4.02. The van der Waals surface area contributed by atoms with Gasteiger partial charge in [-0.1, -0.05) is 6.07 Å². The Labute approximate surface area is 172 Å². The minimum Gasteiger partial charge on any atom is -0.507 e. The molecule has 1 heterocycles. The standard InChI is InChI=1S/C20H12IN3O4/c21-14-3-1-2-12(8-14)20-23-17-10-15(4-7-19(17)28-20)22-11-13-9-16(24(26)27)5-6-18(13)25/h1-11,25H. The van der Waals surface area contributed by atoms with Gasteiger partial charge < -0.3 is 9.52 Å². The van der Waals surface area contributed by atoms with Crippen LogP contribution in [-0.2, 0) is 0 Å². The van der Waals surface area contributed by atoms with Crippen LogP contribution in [0.1, 0.15) is 5.56 Å². The highest BCUT2D eigenvalue weighted by molar-refractivity contribution is 14.1. The molecule has 4 rings (SSSR count). The molecule has 3 aromatic carbocycles. The third kappa shape index (κ3) is 3.72. The minimum absolute atomic E-state index is 0.0853. The van der Waals surface area contributed by atoms with Crippen molar-refractivity contribution in [3.8, 4) is 17.2 Å². The molecule has 4 aromatic rings. The Bertz CT molecular complexity index is 1230. The maximum Gasteiger partial charge on any atom is 0.270 e. The lowest BCUT2D eigenvalue weighted by molar-refractivity contribution is -0.384. The molecule has 7 nitrogen and oxygen atoms in total. The van der Waals surface area contributed by atoms with Gasteiger partial charge in [-0.25, -0.2) is 4.98 Å². The monoisotopic (exact) mass is 485 g/mol. The Balaban J connectivity index is 1.66. The van der Waals surface area contributed by atoms with Crippen LogP contribution in [-0.4, -0.2) is 21.2 Å². The van der Waals surface area contributed by atoms with Crippen LogP contribution in [0.15, 0.2) is 70.1 Å². The van der Waals surface area contributed by atoms with E-state index in [2.05, 4.69) is 32.6 Å². The molecule has 0 bridgehead atoms. The first-order valence-corrected chi connectivity index (χ1v) is 9.25. The third-order valence-corrected chi connectivity index (χ3v) is 4.69. The number of oxazole rings is 1. The second kappa shape index (κ2) is 7.39. The molecule has 0 atom stereocenters. The molecule has 0 fully saturated rings. The Kier molecular flexibility index (Phi) is 4.78. The van der Waals surface area contributed by atoms with E-state index in [1.165, 1.54) is 24.4 Å². The summed E-state index contributed by atoms with van der Waals surface area (Å²) in [5.41, 5.74) is 2.88. The van der Waals surface area contributed by atoms with Gasteiger partial charge in [0.15, 0.2) is 5.58 Å². The van der Waals surface area contributed by atoms with Gasteiger partial charge in [0.25, 0.3) is 5.69 Å². The Morgan fingerprint density at radius 2 is 2.00 bits per heavy atom. The summed E-state index contributed by atoms with van der Waals surface area (Å²) >= 11 is 2.23. The Hall–Kier alpha value is -3.27. The molecule has 0 spiro atoms. The average Bonchev–Trinajstić information content (AvgIpc) is 3.10. The van der Waals surface area contributed by atoms with Crippen molar-refractivity contribution in [3.05, 3.63) is 79.9 Å². The maximum atomic E-state index is 10.9. The van der Waals surface area contributed by atoms with Gasteiger partial charge >= 0.3 is 0 Å². The van der Waals surface area contributed by atoms with Gasteiger partial charge in [-0.05, 0) is 65.1 Å². The largest absolute Gasteiger partial charge is 0.507 e. The van der Waals surface area contributed by atoms with Crippen molar-refractivity contribution in [3.63, 3.8) is 0 Å². The number of benzene rings is 3. The number of nitro groups is 1. The summed E-state index contributed by atoms with van der Waals surface area (Å²) < 4.78 is 6.89. The first kappa shape index (κ1) is 18.1. The average molecular weight is 485 g/mol. The fourth-order valence-corrected chi connectivity index (χ4v) is 3.19.